The van der Waals surface area contributed by atoms with Crippen LogP contribution in [0.1, 0.15) is 39.4 Å². The molecule has 3 nitrogen and oxygen atoms in total. The number of furan rings is 1. The van der Waals surface area contributed by atoms with E-state index >= 15 is 0 Å². The molecule has 0 aromatic carbocycles. The van der Waals surface area contributed by atoms with Crippen molar-refractivity contribution in [1.82, 2.24) is 10.6 Å². The molecule has 1 rings (SSSR count). The van der Waals surface area contributed by atoms with E-state index in [4.69, 9.17) is 4.42 Å². The van der Waals surface area contributed by atoms with Gasteiger partial charge in [-0.2, -0.15) is 0 Å². The largest absolute Gasteiger partial charge is 0.469 e. The maximum atomic E-state index is 5.28. The molecule has 2 N–H and O–H groups in total. The van der Waals surface area contributed by atoms with Gasteiger partial charge in [0.25, 0.3) is 0 Å². The molecule has 0 bridgehead atoms. The van der Waals surface area contributed by atoms with Crippen molar-refractivity contribution < 1.29 is 4.42 Å². The van der Waals surface area contributed by atoms with Crippen LogP contribution in [0, 0.1) is 0 Å². The zero-order chi connectivity index (χ0) is 12.6. The summed E-state index contributed by atoms with van der Waals surface area (Å²) in [7, 11) is 0. The number of aryl methyl sites for hydroxylation is 1. The summed E-state index contributed by atoms with van der Waals surface area (Å²) in [5, 5.41) is 6.93. The first-order valence-corrected chi connectivity index (χ1v) is 6.56. The molecular weight excluding hydrogens is 212 g/mol. The lowest BCUT2D eigenvalue weighted by atomic mass is 10.1. The van der Waals surface area contributed by atoms with Gasteiger partial charge in [-0.1, -0.05) is 0 Å². The van der Waals surface area contributed by atoms with Crippen molar-refractivity contribution in [2.45, 2.75) is 45.6 Å². The Balaban J connectivity index is 1.85. The average molecular weight is 238 g/mol. The summed E-state index contributed by atoms with van der Waals surface area (Å²) in [5.74, 6) is 1.08. The lowest BCUT2D eigenvalue weighted by Crippen LogP contribution is -2.37. The van der Waals surface area contributed by atoms with Gasteiger partial charge in [-0.25, -0.2) is 0 Å². The van der Waals surface area contributed by atoms with Gasteiger partial charge in [0.05, 0.1) is 6.26 Å². The molecule has 0 saturated carbocycles. The van der Waals surface area contributed by atoms with E-state index in [2.05, 4.69) is 31.4 Å². The molecule has 0 aliphatic carbocycles. The highest BCUT2D eigenvalue weighted by Gasteiger charge is 2.06. The molecule has 0 atom stereocenters. The minimum atomic E-state index is 0.235. The molecule has 1 aromatic heterocycles. The van der Waals surface area contributed by atoms with Crippen LogP contribution in [0.5, 0.6) is 0 Å². The van der Waals surface area contributed by atoms with E-state index in [-0.39, 0.29) is 5.54 Å². The van der Waals surface area contributed by atoms with Gasteiger partial charge in [-0.05, 0) is 65.4 Å². The first-order chi connectivity index (χ1) is 8.08. The molecule has 1 aromatic rings. The highest BCUT2D eigenvalue weighted by molar-refractivity contribution is 4.97. The van der Waals surface area contributed by atoms with Gasteiger partial charge in [0.15, 0.2) is 0 Å². The SMILES string of the molecule is CC(C)(C)NCCCNCCCc1ccco1. The van der Waals surface area contributed by atoms with Gasteiger partial charge in [-0.15, -0.1) is 0 Å². The van der Waals surface area contributed by atoms with E-state index in [9.17, 15) is 0 Å². The normalized spacial score (nSPS) is 11.9. The third-order valence-corrected chi connectivity index (χ3v) is 2.54. The van der Waals surface area contributed by atoms with Crippen LogP contribution in [-0.2, 0) is 6.42 Å². The molecule has 0 radical (unpaired) electrons. The summed E-state index contributed by atoms with van der Waals surface area (Å²) in [6, 6.07) is 3.98. The second-order valence-corrected chi connectivity index (χ2v) is 5.46. The highest BCUT2D eigenvalue weighted by atomic mass is 16.3. The predicted molar refractivity (Wildman–Crippen MR) is 72.3 cm³/mol. The lowest BCUT2D eigenvalue weighted by molar-refractivity contribution is 0.418. The van der Waals surface area contributed by atoms with Crippen LogP contribution < -0.4 is 10.6 Å². The summed E-state index contributed by atoms with van der Waals surface area (Å²) >= 11 is 0. The van der Waals surface area contributed by atoms with E-state index in [0.29, 0.717) is 0 Å². The van der Waals surface area contributed by atoms with Crippen LogP contribution >= 0.6 is 0 Å². The van der Waals surface area contributed by atoms with E-state index in [1.165, 1.54) is 6.42 Å². The number of hydrogen-bond donors (Lipinski definition) is 2. The first-order valence-electron chi connectivity index (χ1n) is 6.56. The monoisotopic (exact) mass is 238 g/mol. The Kier molecular flexibility index (Phi) is 6.30. The van der Waals surface area contributed by atoms with Crippen molar-refractivity contribution in [3.63, 3.8) is 0 Å². The maximum Gasteiger partial charge on any atom is 0.103 e. The predicted octanol–water partition coefficient (Wildman–Crippen LogP) is 2.58. The van der Waals surface area contributed by atoms with Gasteiger partial charge in [0, 0.05) is 12.0 Å². The Morgan fingerprint density at radius 1 is 1.12 bits per heavy atom. The molecule has 0 fully saturated rings. The Bertz CT molecular complexity index is 275. The van der Waals surface area contributed by atoms with Crippen molar-refractivity contribution in [2.24, 2.45) is 0 Å². The zero-order valence-electron chi connectivity index (χ0n) is 11.4. The Hall–Kier alpha value is -0.800. The molecule has 98 valence electrons. The minimum Gasteiger partial charge on any atom is -0.469 e. The summed E-state index contributed by atoms with van der Waals surface area (Å²) < 4.78 is 5.28. The van der Waals surface area contributed by atoms with Crippen molar-refractivity contribution >= 4 is 0 Å². The van der Waals surface area contributed by atoms with Crippen LogP contribution in [0.25, 0.3) is 0 Å². The molecule has 0 aliphatic rings. The minimum absolute atomic E-state index is 0.235. The number of rotatable bonds is 8. The molecule has 0 unspecified atom stereocenters. The van der Waals surface area contributed by atoms with Crippen LogP contribution in [0.15, 0.2) is 22.8 Å². The summed E-state index contributed by atoms with van der Waals surface area (Å²) in [4.78, 5) is 0. The first kappa shape index (κ1) is 14.3. The van der Waals surface area contributed by atoms with Gasteiger partial charge in [0.2, 0.25) is 0 Å². The van der Waals surface area contributed by atoms with E-state index in [1.54, 1.807) is 6.26 Å². The van der Waals surface area contributed by atoms with Crippen LogP contribution in [0.4, 0.5) is 0 Å². The fourth-order valence-corrected chi connectivity index (χ4v) is 1.64. The second-order valence-electron chi connectivity index (χ2n) is 5.46. The average Bonchev–Trinajstić information content (AvgIpc) is 2.73. The summed E-state index contributed by atoms with van der Waals surface area (Å²) in [5.41, 5.74) is 0.235. The Labute approximate surface area is 105 Å². The van der Waals surface area contributed by atoms with E-state index < -0.39 is 0 Å². The summed E-state index contributed by atoms with van der Waals surface area (Å²) in [6.45, 7) is 9.82. The summed E-state index contributed by atoms with van der Waals surface area (Å²) in [6.07, 6.45) is 5.08. The van der Waals surface area contributed by atoms with Crippen LogP contribution in [0.3, 0.4) is 0 Å². The number of hydrogen-bond acceptors (Lipinski definition) is 3. The fraction of sp³-hybridized carbons (Fsp3) is 0.714. The molecule has 0 spiro atoms. The topological polar surface area (TPSA) is 37.2 Å². The zero-order valence-corrected chi connectivity index (χ0v) is 11.4. The Morgan fingerprint density at radius 3 is 2.53 bits per heavy atom. The molecule has 1 heterocycles. The molecule has 0 amide bonds. The molecule has 17 heavy (non-hydrogen) atoms. The highest BCUT2D eigenvalue weighted by Crippen LogP contribution is 2.02. The standard InChI is InChI=1S/C14H26N2O/c1-14(2,3)16-11-6-10-15-9-4-7-13-8-5-12-17-13/h5,8,12,15-16H,4,6-7,9-11H2,1-3H3. The molecular formula is C14H26N2O. The Morgan fingerprint density at radius 2 is 1.88 bits per heavy atom. The van der Waals surface area contributed by atoms with Crippen LogP contribution in [-0.4, -0.2) is 25.2 Å². The third-order valence-electron chi connectivity index (χ3n) is 2.54. The quantitative estimate of drug-likeness (QED) is 0.684. The fourth-order valence-electron chi connectivity index (χ4n) is 1.64. The molecule has 0 aliphatic heterocycles. The van der Waals surface area contributed by atoms with Crippen molar-refractivity contribution in [1.29, 1.82) is 0 Å². The smallest absolute Gasteiger partial charge is 0.103 e. The lowest BCUT2D eigenvalue weighted by Gasteiger charge is -2.20. The van der Waals surface area contributed by atoms with Gasteiger partial charge >= 0.3 is 0 Å². The number of nitrogens with one attached hydrogen (secondary N) is 2. The van der Waals surface area contributed by atoms with E-state index in [0.717, 1.165) is 38.2 Å². The second kappa shape index (κ2) is 7.51. The molecule has 3 heteroatoms. The van der Waals surface area contributed by atoms with Gasteiger partial charge in [-0.3, -0.25) is 0 Å². The van der Waals surface area contributed by atoms with Crippen molar-refractivity contribution in [3.8, 4) is 0 Å². The van der Waals surface area contributed by atoms with E-state index in [1.807, 2.05) is 12.1 Å². The van der Waals surface area contributed by atoms with Crippen LogP contribution in [0.2, 0.25) is 0 Å². The maximum absolute atomic E-state index is 5.28. The van der Waals surface area contributed by atoms with Gasteiger partial charge in [0.1, 0.15) is 5.76 Å². The van der Waals surface area contributed by atoms with Crippen molar-refractivity contribution in [3.05, 3.63) is 24.2 Å². The third kappa shape index (κ3) is 8.00. The van der Waals surface area contributed by atoms with Gasteiger partial charge < -0.3 is 15.1 Å². The van der Waals surface area contributed by atoms with Crippen molar-refractivity contribution in [2.75, 3.05) is 19.6 Å². The molecule has 0 saturated heterocycles.